The van der Waals surface area contributed by atoms with Crippen LogP contribution in [0.25, 0.3) is 5.57 Å². The number of hydrogen-bond acceptors (Lipinski definition) is 2. The average Bonchev–Trinajstić information content (AvgIpc) is 2.59. The molecule has 1 aromatic rings. The third kappa shape index (κ3) is 1.65. The van der Waals surface area contributed by atoms with Crippen LogP contribution in [0.4, 0.5) is 0 Å². The van der Waals surface area contributed by atoms with Gasteiger partial charge in [0.1, 0.15) is 5.75 Å². The number of benzene rings is 1. The first-order valence-corrected chi connectivity index (χ1v) is 5.20. The maximum absolute atomic E-state index is 6.14. The summed E-state index contributed by atoms with van der Waals surface area (Å²) in [5.41, 5.74) is 9.57. The second-order valence-electron chi connectivity index (χ2n) is 4.53. The minimum absolute atomic E-state index is 0.280. The summed E-state index contributed by atoms with van der Waals surface area (Å²) in [6.45, 7) is 4.07. The van der Waals surface area contributed by atoms with Crippen molar-refractivity contribution < 1.29 is 4.74 Å². The van der Waals surface area contributed by atoms with Gasteiger partial charge in [-0.2, -0.15) is 0 Å². The van der Waals surface area contributed by atoms with Gasteiger partial charge in [0.15, 0.2) is 0 Å². The highest BCUT2D eigenvalue weighted by molar-refractivity contribution is 5.80. The molecule has 0 atom stereocenters. The summed E-state index contributed by atoms with van der Waals surface area (Å²) in [6, 6.07) is 6.13. The predicted molar refractivity (Wildman–Crippen MR) is 62.9 cm³/mol. The second-order valence-corrected chi connectivity index (χ2v) is 4.53. The van der Waals surface area contributed by atoms with Crippen molar-refractivity contribution in [1.82, 2.24) is 0 Å². The lowest BCUT2D eigenvalue weighted by molar-refractivity contribution is 0.411. The quantitative estimate of drug-likeness (QED) is 0.801. The monoisotopic (exact) mass is 203 g/mol. The van der Waals surface area contributed by atoms with Gasteiger partial charge in [-0.05, 0) is 37.5 Å². The molecule has 2 N–H and O–H groups in total. The lowest BCUT2D eigenvalue weighted by atomic mass is 9.90. The van der Waals surface area contributed by atoms with E-state index in [-0.39, 0.29) is 5.54 Å². The van der Waals surface area contributed by atoms with Crippen LogP contribution in [-0.2, 0) is 6.42 Å². The molecule has 1 aliphatic rings. The molecule has 2 rings (SSSR count). The van der Waals surface area contributed by atoms with E-state index < -0.39 is 0 Å². The highest BCUT2D eigenvalue weighted by atomic mass is 16.5. The molecule has 0 amide bonds. The first-order valence-electron chi connectivity index (χ1n) is 5.20. The summed E-state index contributed by atoms with van der Waals surface area (Å²) >= 11 is 0. The molecule has 0 aliphatic heterocycles. The van der Waals surface area contributed by atoms with Crippen molar-refractivity contribution in [2.45, 2.75) is 25.8 Å². The summed E-state index contributed by atoms with van der Waals surface area (Å²) in [5.74, 6) is 0.961. The van der Waals surface area contributed by atoms with Crippen molar-refractivity contribution >= 4 is 5.57 Å². The van der Waals surface area contributed by atoms with Gasteiger partial charge in [0.2, 0.25) is 0 Å². The van der Waals surface area contributed by atoms with E-state index in [1.54, 1.807) is 7.11 Å². The van der Waals surface area contributed by atoms with Gasteiger partial charge in [0.05, 0.1) is 7.11 Å². The molecule has 0 saturated carbocycles. The Balaban J connectivity index is 2.50. The van der Waals surface area contributed by atoms with Crippen LogP contribution in [0.2, 0.25) is 0 Å². The van der Waals surface area contributed by atoms with Crippen molar-refractivity contribution in [2.24, 2.45) is 5.73 Å². The molecule has 80 valence electrons. The number of hydrogen-bond donors (Lipinski definition) is 1. The Kier molecular flexibility index (Phi) is 2.31. The first-order chi connectivity index (χ1) is 7.04. The lowest BCUT2D eigenvalue weighted by Crippen LogP contribution is -2.32. The third-order valence-corrected chi connectivity index (χ3v) is 2.85. The molecule has 0 fully saturated rings. The van der Waals surface area contributed by atoms with Gasteiger partial charge in [0, 0.05) is 11.1 Å². The van der Waals surface area contributed by atoms with Gasteiger partial charge in [-0.3, -0.25) is 0 Å². The van der Waals surface area contributed by atoms with Gasteiger partial charge in [-0.15, -0.1) is 0 Å². The van der Waals surface area contributed by atoms with E-state index in [1.807, 2.05) is 26.0 Å². The van der Waals surface area contributed by atoms with Gasteiger partial charge >= 0.3 is 0 Å². The van der Waals surface area contributed by atoms with Gasteiger partial charge in [-0.25, -0.2) is 0 Å². The van der Waals surface area contributed by atoms with Gasteiger partial charge < -0.3 is 10.5 Å². The SMILES string of the molecule is COc1cccc2c1CC=C2C(C)(C)N. The Labute approximate surface area is 90.7 Å². The Hall–Kier alpha value is -1.28. The van der Waals surface area contributed by atoms with Crippen molar-refractivity contribution in [3.8, 4) is 5.75 Å². The number of fused-ring (bicyclic) bond motifs is 1. The van der Waals surface area contributed by atoms with Crippen LogP contribution in [-0.4, -0.2) is 12.6 Å². The lowest BCUT2D eigenvalue weighted by Gasteiger charge is -2.22. The summed E-state index contributed by atoms with van der Waals surface area (Å²) in [5, 5.41) is 0. The van der Waals surface area contributed by atoms with Gasteiger partial charge in [0.25, 0.3) is 0 Å². The molecular weight excluding hydrogens is 186 g/mol. The molecule has 2 nitrogen and oxygen atoms in total. The predicted octanol–water partition coefficient (Wildman–Crippen LogP) is 2.37. The zero-order valence-electron chi connectivity index (χ0n) is 9.50. The summed E-state index contributed by atoms with van der Waals surface area (Å²) in [4.78, 5) is 0. The number of rotatable bonds is 2. The van der Waals surface area contributed by atoms with Crippen LogP contribution in [0.3, 0.4) is 0 Å². The van der Waals surface area contributed by atoms with E-state index >= 15 is 0 Å². The number of ether oxygens (including phenoxy) is 1. The molecule has 0 aromatic heterocycles. The topological polar surface area (TPSA) is 35.2 Å². The molecule has 0 spiro atoms. The fourth-order valence-corrected chi connectivity index (χ4v) is 2.14. The molecular formula is C13H17NO. The first kappa shape index (κ1) is 10.2. The fourth-order valence-electron chi connectivity index (χ4n) is 2.14. The van der Waals surface area contributed by atoms with E-state index in [0.717, 1.165) is 12.2 Å². The summed E-state index contributed by atoms with van der Waals surface area (Å²) in [6.07, 6.45) is 3.13. The fraction of sp³-hybridized carbons (Fsp3) is 0.385. The molecule has 0 heterocycles. The maximum Gasteiger partial charge on any atom is 0.122 e. The van der Waals surface area contributed by atoms with Crippen LogP contribution in [0.15, 0.2) is 24.3 Å². The number of allylic oxidation sites excluding steroid dienone is 1. The van der Waals surface area contributed by atoms with Crippen LogP contribution < -0.4 is 10.5 Å². The molecule has 0 bridgehead atoms. The van der Waals surface area contributed by atoms with Crippen LogP contribution >= 0.6 is 0 Å². The Morgan fingerprint density at radius 2 is 2.07 bits per heavy atom. The minimum atomic E-state index is -0.280. The van der Waals surface area contributed by atoms with E-state index in [2.05, 4.69) is 12.1 Å². The van der Waals surface area contributed by atoms with Crippen LogP contribution in [0, 0.1) is 0 Å². The summed E-state index contributed by atoms with van der Waals surface area (Å²) in [7, 11) is 1.71. The maximum atomic E-state index is 6.14. The molecule has 0 saturated heterocycles. The van der Waals surface area contributed by atoms with Crippen molar-refractivity contribution in [2.75, 3.05) is 7.11 Å². The number of methoxy groups -OCH3 is 1. The van der Waals surface area contributed by atoms with Crippen LogP contribution in [0.5, 0.6) is 5.75 Å². The Bertz CT molecular complexity index is 413. The average molecular weight is 203 g/mol. The molecule has 2 heteroatoms. The minimum Gasteiger partial charge on any atom is -0.496 e. The Morgan fingerprint density at radius 1 is 1.33 bits per heavy atom. The Morgan fingerprint density at radius 3 is 2.67 bits per heavy atom. The zero-order chi connectivity index (χ0) is 11.1. The highest BCUT2D eigenvalue weighted by Gasteiger charge is 2.26. The highest BCUT2D eigenvalue weighted by Crippen LogP contribution is 2.38. The van der Waals surface area contributed by atoms with Crippen molar-refractivity contribution in [1.29, 1.82) is 0 Å². The van der Waals surface area contributed by atoms with E-state index in [4.69, 9.17) is 10.5 Å². The van der Waals surface area contributed by atoms with Gasteiger partial charge in [-0.1, -0.05) is 18.2 Å². The largest absolute Gasteiger partial charge is 0.496 e. The standard InChI is InChI=1S/C13H17NO/c1-13(2,14)11-8-7-10-9(11)5-4-6-12(10)15-3/h4-6,8H,7,14H2,1-3H3. The van der Waals surface area contributed by atoms with Crippen molar-refractivity contribution in [3.63, 3.8) is 0 Å². The van der Waals surface area contributed by atoms with Crippen LogP contribution in [0.1, 0.15) is 25.0 Å². The second kappa shape index (κ2) is 3.38. The molecule has 15 heavy (non-hydrogen) atoms. The smallest absolute Gasteiger partial charge is 0.122 e. The molecule has 1 aromatic carbocycles. The van der Waals surface area contributed by atoms with Crippen molar-refractivity contribution in [3.05, 3.63) is 35.4 Å². The van der Waals surface area contributed by atoms with E-state index in [9.17, 15) is 0 Å². The van der Waals surface area contributed by atoms with E-state index in [0.29, 0.717) is 0 Å². The molecule has 0 unspecified atom stereocenters. The molecule has 0 radical (unpaired) electrons. The third-order valence-electron chi connectivity index (χ3n) is 2.85. The number of nitrogens with two attached hydrogens (primary N) is 1. The molecule has 1 aliphatic carbocycles. The van der Waals surface area contributed by atoms with E-state index in [1.165, 1.54) is 16.7 Å². The zero-order valence-corrected chi connectivity index (χ0v) is 9.50. The summed E-state index contributed by atoms with van der Waals surface area (Å²) < 4.78 is 5.34. The normalized spacial score (nSPS) is 14.8.